The molecule has 5 nitrogen and oxygen atoms in total. The number of esters is 1. The fourth-order valence-electron chi connectivity index (χ4n) is 2.12. The van der Waals surface area contributed by atoms with E-state index in [0.717, 1.165) is 17.3 Å². The van der Waals surface area contributed by atoms with E-state index in [-0.39, 0.29) is 11.2 Å². The van der Waals surface area contributed by atoms with E-state index in [0.29, 0.717) is 33.6 Å². The highest BCUT2D eigenvalue weighted by molar-refractivity contribution is 8.19. The Bertz CT molecular complexity index is 837. The molecule has 1 aromatic carbocycles. The van der Waals surface area contributed by atoms with E-state index in [2.05, 4.69) is 5.32 Å². The Kier molecular flexibility index (Phi) is 4.82. The van der Waals surface area contributed by atoms with E-state index >= 15 is 0 Å². The molecule has 0 bridgehead atoms. The maximum absolute atomic E-state index is 11.6. The lowest BCUT2D eigenvalue weighted by Crippen LogP contribution is -2.15. The summed E-state index contributed by atoms with van der Waals surface area (Å²) in [6.07, 6.45) is 1.72. The molecule has 24 heavy (non-hydrogen) atoms. The first-order valence-corrected chi connectivity index (χ1v) is 8.41. The smallest absolute Gasteiger partial charge is 0.338 e. The number of hydrogen-bond acceptors (Lipinski definition) is 6. The van der Waals surface area contributed by atoms with Gasteiger partial charge in [-0.15, -0.1) is 0 Å². The van der Waals surface area contributed by atoms with Crippen molar-refractivity contribution in [2.24, 2.45) is 0 Å². The van der Waals surface area contributed by atoms with E-state index in [9.17, 15) is 9.59 Å². The van der Waals surface area contributed by atoms with Crippen LogP contribution in [0.15, 0.2) is 45.7 Å². The fraction of sp³-hybridized carbons (Fsp3) is 0.118. The Morgan fingerprint density at radius 3 is 2.67 bits per heavy atom. The predicted molar refractivity (Wildman–Crippen MR) is 96.8 cm³/mol. The average molecular weight is 359 g/mol. The van der Waals surface area contributed by atoms with Crippen molar-refractivity contribution in [2.45, 2.75) is 6.92 Å². The van der Waals surface area contributed by atoms with E-state index in [1.165, 1.54) is 0 Å². The molecule has 0 unspecified atom stereocenters. The zero-order valence-electron chi connectivity index (χ0n) is 12.7. The first-order valence-electron chi connectivity index (χ1n) is 7.19. The Morgan fingerprint density at radius 1 is 1.29 bits per heavy atom. The monoisotopic (exact) mass is 359 g/mol. The van der Waals surface area contributed by atoms with Crippen LogP contribution in [0.2, 0.25) is 0 Å². The van der Waals surface area contributed by atoms with Gasteiger partial charge in [0.2, 0.25) is 0 Å². The summed E-state index contributed by atoms with van der Waals surface area (Å²) in [5.41, 5.74) is 1.33. The molecule has 0 spiro atoms. The van der Waals surface area contributed by atoms with Gasteiger partial charge in [-0.05, 0) is 49.0 Å². The minimum Gasteiger partial charge on any atom is -0.462 e. The van der Waals surface area contributed by atoms with Gasteiger partial charge in [0.1, 0.15) is 16.5 Å². The molecule has 1 saturated heterocycles. The second kappa shape index (κ2) is 7.02. The van der Waals surface area contributed by atoms with Crippen LogP contribution in [0.3, 0.4) is 0 Å². The second-order valence-electron chi connectivity index (χ2n) is 4.85. The highest BCUT2D eigenvalue weighted by atomic mass is 32.2. The SMILES string of the molecule is CCOC(=O)c1ccc(-c2ccc(/C=C3/SC(=O)NC3=S)o2)cc1. The largest absolute Gasteiger partial charge is 0.462 e. The lowest BCUT2D eigenvalue weighted by molar-refractivity contribution is 0.0526. The molecule has 1 aliphatic heterocycles. The number of hydrogen-bond donors (Lipinski definition) is 1. The summed E-state index contributed by atoms with van der Waals surface area (Å²) in [5, 5.41) is 2.37. The molecule has 2 heterocycles. The molecule has 1 aromatic heterocycles. The molecule has 3 rings (SSSR count). The Morgan fingerprint density at radius 2 is 2.04 bits per heavy atom. The van der Waals surface area contributed by atoms with Crippen molar-refractivity contribution >= 4 is 46.3 Å². The van der Waals surface area contributed by atoms with Crippen molar-refractivity contribution < 1.29 is 18.7 Å². The van der Waals surface area contributed by atoms with Gasteiger partial charge in [0, 0.05) is 5.56 Å². The van der Waals surface area contributed by atoms with Crippen molar-refractivity contribution in [1.29, 1.82) is 0 Å². The molecule has 122 valence electrons. The number of ether oxygens (including phenoxy) is 1. The highest BCUT2D eigenvalue weighted by Gasteiger charge is 2.22. The number of nitrogens with one attached hydrogen (secondary N) is 1. The zero-order valence-corrected chi connectivity index (χ0v) is 14.3. The summed E-state index contributed by atoms with van der Waals surface area (Å²) >= 11 is 6.11. The van der Waals surface area contributed by atoms with Gasteiger partial charge >= 0.3 is 5.97 Å². The van der Waals surface area contributed by atoms with Crippen LogP contribution in [0.1, 0.15) is 23.0 Å². The third kappa shape index (κ3) is 3.58. The van der Waals surface area contributed by atoms with E-state index in [1.54, 1.807) is 43.3 Å². The predicted octanol–water partition coefficient (Wildman–Crippen LogP) is 4.25. The molecule has 1 fully saturated rings. The van der Waals surface area contributed by atoms with E-state index < -0.39 is 0 Å². The number of benzene rings is 1. The summed E-state index contributed by atoms with van der Waals surface area (Å²) in [4.78, 5) is 24.0. The highest BCUT2D eigenvalue weighted by Crippen LogP contribution is 2.29. The normalized spacial score (nSPS) is 15.6. The van der Waals surface area contributed by atoms with Crippen LogP contribution in [0.5, 0.6) is 0 Å². The van der Waals surface area contributed by atoms with Gasteiger partial charge in [0.15, 0.2) is 0 Å². The first-order chi connectivity index (χ1) is 11.6. The molecule has 0 saturated carbocycles. The standard InChI is InChI=1S/C17H13NO4S2/c1-2-21-16(19)11-5-3-10(4-6-11)13-8-7-12(22-13)9-14-15(23)18-17(20)24-14/h3-9H,2H2,1H3,(H,18,20,23)/b14-9+. The van der Waals surface area contributed by atoms with Crippen molar-refractivity contribution in [3.05, 3.63) is 52.6 Å². The molecule has 0 atom stereocenters. The zero-order chi connectivity index (χ0) is 17.1. The summed E-state index contributed by atoms with van der Waals surface area (Å²) in [5.74, 6) is 0.907. The van der Waals surface area contributed by atoms with Crippen LogP contribution < -0.4 is 5.32 Å². The minimum atomic E-state index is -0.349. The van der Waals surface area contributed by atoms with Gasteiger partial charge in [0.05, 0.1) is 17.1 Å². The second-order valence-corrected chi connectivity index (χ2v) is 6.28. The molecule has 2 aromatic rings. The molecular formula is C17H13NO4S2. The number of amides is 1. The van der Waals surface area contributed by atoms with Crippen LogP contribution in [0, 0.1) is 0 Å². The number of thiocarbonyl (C=S) groups is 1. The first kappa shape index (κ1) is 16.5. The Labute approximate surface area is 148 Å². The molecule has 7 heteroatoms. The minimum absolute atomic E-state index is 0.187. The fourth-order valence-corrected chi connectivity index (χ4v) is 3.13. The third-order valence-corrected chi connectivity index (χ3v) is 4.50. The van der Waals surface area contributed by atoms with Crippen LogP contribution in [0.25, 0.3) is 17.4 Å². The Balaban J connectivity index is 1.78. The van der Waals surface area contributed by atoms with Crippen LogP contribution in [-0.4, -0.2) is 22.8 Å². The third-order valence-electron chi connectivity index (χ3n) is 3.22. The van der Waals surface area contributed by atoms with Crippen LogP contribution in [0.4, 0.5) is 4.79 Å². The van der Waals surface area contributed by atoms with Crippen LogP contribution >= 0.6 is 24.0 Å². The number of furan rings is 1. The molecule has 1 N–H and O–H groups in total. The maximum Gasteiger partial charge on any atom is 0.338 e. The number of carbonyl (C=O) groups excluding carboxylic acids is 2. The summed E-state index contributed by atoms with van der Waals surface area (Å²) in [6, 6.07) is 10.6. The number of thioether (sulfide) groups is 1. The Hall–Kier alpha value is -2.38. The lowest BCUT2D eigenvalue weighted by atomic mass is 10.1. The molecule has 0 radical (unpaired) electrons. The van der Waals surface area contributed by atoms with Crippen molar-refractivity contribution in [3.8, 4) is 11.3 Å². The molecule has 1 aliphatic rings. The van der Waals surface area contributed by atoms with E-state index in [1.807, 2.05) is 6.07 Å². The molecule has 0 aliphatic carbocycles. The lowest BCUT2D eigenvalue weighted by Gasteiger charge is -2.02. The summed E-state index contributed by atoms with van der Waals surface area (Å²) in [6.45, 7) is 2.11. The number of rotatable bonds is 4. The maximum atomic E-state index is 11.6. The molecule has 1 amide bonds. The summed E-state index contributed by atoms with van der Waals surface area (Å²) in [7, 11) is 0. The van der Waals surface area contributed by atoms with Crippen molar-refractivity contribution in [1.82, 2.24) is 5.32 Å². The average Bonchev–Trinajstić information content (AvgIpc) is 3.15. The van der Waals surface area contributed by atoms with Crippen LogP contribution in [-0.2, 0) is 4.74 Å². The van der Waals surface area contributed by atoms with Gasteiger partial charge in [0.25, 0.3) is 5.24 Å². The van der Waals surface area contributed by atoms with Crippen molar-refractivity contribution in [3.63, 3.8) is 0 Å². The topological polar surface area (TPSA) is 68.5 Å². The van der Waals surface area contributed by atoms with E-state index in [4.69, 9.17) is 21.4 Å². The summed E-state index contributed by atoms with van der Waals surface area (Å²) < 4.78 is 10.7. The van der Waals surface area contributed by atoms with Gasteiger partial charge in [-0.25, -0.2) is 4.79 Å². The number of carbonyl (C=O) groups is 2. The van der Waals surface area contributed by atoms with Crippen molar-refractivity contribution in [2.75, 3.05) is 6.61 Å². The van der Waals surface area contributed by atoms with Gasteiger partial charge in [-0.3, -0.25) is 4.79 Å². The van der Waals surface area contributed by atoms with Gasteiger partial charge < -0.3 is 14.5 Å². The quantitative estimate of drug-likeness (QED) is 0.500. The molecular weight excluding hydrogens is 346 g/mol. The van der Waals surface area contributed by atoms with Gasteiger partial charge in [-0.1, -0.05) is 24.4 Å². The van der Waals surface area contributed by atoms with Gasteiger partial charge in [-0.2, -0.15) is 0 Å².